The lowest BCUT2D eigenvalue weighted by Gasteiger charge is -2.29. The Labute approximate surface area is 429 Å². The number of hydrogen-bond acceptors (Lipinski definition) is 14. The van der Waals surface area contributed by atoms with Crippen LogP contribution in [0.25, 0.3) is 22.3 Å². The number of carbonyl (C=O) groups is 9. The van der Waals surface area contributed by atoms with Crippen LogP contribution in [-0.4, -0.2) is 126 Å². The molecule has 3 aliphatic heterocycles. The van der Waals surface area contributed by atoms with E-state index in [2.05, 4.69) is 31.9 Å². The van der Waals surface area contributed by atoms with Gasteiger partial charge in [0, 0.05) is 48.3 Å². The second kappa shape index (κ2) is 23.6. The SMILES string of the molecule is CCC1C(=O)OCc2c1cc1n(c2=S)Cc2c-1nc1cc(F)c(C)c3c1c2C(NC(=O)COCNC(=O)CNC(=O)C(Cc1ccccc1)NC(=O)CNC(=O)CNC(=O)CCOCCN1C(=O)CCC1=O)CC3. The molecule has 3 unspecified atom stereocenters. The van der Waals surface area contributed by atoms with Crippen molar-refractivity contribution in [3.63, 3.8) is 0 Å². The van der Waals surface area contributed by atoms with Gasteiger partial charge in [-0.2, -0.15) is 0 Å². The van der Waals surface area contributed by atoms with Crippen LogP contribution in [0.1, 0.15) is 89.9 Å². The molecular weight excluding hydrogens is 982 g/mol. The number of halogens is 1. The second-order valence-corrected chi connectivity index (χ2v) is 18.7. The molecule has 2 aromatic carbocycles. The van der Waals surface area contributed by atoms with Crippen molar-refractivity contribution < 1.29 is 61.8 Å². The minimum atomic E-state index is -1.15. The van der Waals surface area contributed by atoms with Crippen LogP contribution < -0.4 is 31.9 Å². The summed E-state index contributed by atoms with van der Waals surface area (Å²) in [4.78, 5) is 119. The Morgan fingerprint density at radius 2 is 1.57 bits per heavy atom. The standard InChI is InChI=1S/C51H56FN9O12S/c1-3-29-31-18-38-48-32(23-61(38)50(74)33(31)24-73-51(29)70)47-35(10-9-30-27(2)34(52)19-36(59-48)46(30)47)57-43(66)25-72-26-56-41(64)21-55-49(69)37(17-28-7-5-4-6-8-28)58-42(65)22-54-40(63)20-53-39(62)13-15-71-16-14-60-44(67)11-12-45(60)68/h4-8,18-19,29,35,37H,3,9-17,20-26H2,1-2H3,(H,53,62)(H,54,63)(H,55,69)(H,56,64)(H,57,66)(H,58,65). The average Bonchev–Trinajstić information content (AvgIpc) is 3.94. The molecule has 0 saturated carbocycles. The molecule has 4 aromatic rings. The highest BCUT2D eigenvalue weighted by molar-refractivity contribution is 7.71. The second-order valence-electron chi connectivity index (χ2n) is 18.3. The summed E-state index contributed by atoms with van der Waals surface area (Å²) in [5.74, 6) is -5.44. The first kappa shape index (κ1) is 52.8. The van der Waals surface area contributed by atoms with Gasteiger partial charge in [-0.15, -0.1) is 0 Å². The molecule has 0 radical (unpaired) electrons. The molecule has 8 amide bonds. The van der Waals surface area contributed by atoms with Gasteiger partial charge in [0.1, 0.15) is 36.4 Å². The molecule has 3 atom stereocenters. The van der Waals surface area contributed by atoms with Gasteiger partial charge in [-0.25, -0.2) is 9.37 Å². The molecule has 1 aliphatic carbocycles. The van der Waals surface area contributed by atoms with Crippen molar-refractivity contribution >= 4 is 76.3 Å². The Hall–Kier alpha value is -7.50. The van der Waals surface area contributed by atoms with Gasteiger partial charge in [0.25, 0.3) is 0 Å². The maximum Gasteiger partial charge on any atom is 0.313 e. The molecule has 1 saturated heterocycles. The third kappa shape index (κ3) is 12.0. The van der Waals surface area contributed by atoms with E-state index in [1.807, 2.05) is 17.6 Å². The summed E-state index contributed by atoms with van der Waals surface area (Å²) < 4.78 is 34.2. The molecule has 4 aliphatic rings. The number of likely N-dealkylation sites (tertiary alicyclic amines) is 1. The average molecular weight is 1040 g/mol. The van der Waals surface area contributed by atoms with Crippen molar-refractivity contribution in [3.05, 3.63) is 91.9 Å². The fourth-order valence-electron chi connectivity index (χ4n) is 9.69. The monoisotopic (exact) mass is 1040 g/mol. The number of rotatable bonds is 22. The Balaban J connectivity index is 0.798. The minimum Gasteiger partial charge on any atom is -0.460 e. The molecule has 8 rings (SSSR count). The number of pyridine rings is 2. The van der Waals surface area contributed by atoms with Gasteiger partial charge in [0.05, 0.1) is 74.8 Å². The van der Waals surface area contributed by atoms with Gasteiger partial charge in [0.15, 0.2) is 0 Å². The smallest absolute Gasteiger partial charge is 0.313 e. The van der Waals surface area contributed by atoms with Crippen LogP contribution in [0.3, 0.4) is 0 Å². The molecule has 1 fully saturated rings. The zero-order valence-electron chi connectivity index (χ0n) is 40.8. The van der Waals surface area contributed by atoms with Crippen molar-refractivity contribution in [3.8, 4) is 11.4 Å². The van der Waals surface area contributed by atoms with E-state index in [9.17, 15) is 43.2 Å². The fraction of sp³-hybridized carbons (Fsp3) is 0.431. The van der Waals surface area contributed by atoms with Crippen molar-refractivity contribution in [2.75, 3.05) is 52.7 Å². The molecule has 2 aromatic heterocycles. The summed E-state index contributed by atoms with van der Waals surface area (Å²) in [6.07, 6.45) is 1.75. The van der Waals surface area contributed by atoms with E-state index in [4.69, 9.17) is 31.4 Å². The first-order valence-corrected chi connectivity index (χ1v) is 24.8. The van der Waals surface area contributed by atoms with Crippen LogP contribution in [0.5, 0.6) is 0 Å². The Kier molecular flexibility index (Phi) is 16.8. The Bertz CT molecular complexity index is 2990. The first-order chi connectivity index (χ1) is 35.6. The molecular formula is C51H56FN9O12S. The van der Waals surface area contributed by atoms with Crippen LogP contribution in [0.4, 0.5) is 4.39 Å². The first-order valence-electron chi connectivity index (χ1n) is 24.4. The predicted octanol–water partition coefficient (Wildman–Crippen LogP) is 1.62. The number of aryl methyl sites for hydroxylation is 1. The number of aromatic nitrogens is 2. The molecule has 0 spiro atoms. The quantitative estimate of drug-likeness (QED) is 0.0189. The van der Waals surface area contributed by atoms with E-state index in [1.54, 1.807) is 37.3 Å². The highest BCUT2D eigenvalue weighted by Gasteiger charge is 2.37. The van der Waals surface area contributed by atoms with Crippen LogP contribution >= 0.6 is 12.2 Å². The summed E-state index contributed by atoms with van der Waals surface area (Å²) >= 11 is 5.97. The number of ether oxygens (including phenoxy) is 3. The number of nitrogens with one attached hydrogen (secondary N) is 6. The van der Waals surface area contributed by atoms with E-state index in [-0.39, 0.29) is 82.4 Å². The van der Waals surface area contributed by atoms with Gasteiger partial charge >= 0.3 is 5.97 Å². The Morgan fingerprint density at radius 3 is 2.32 bits per heavy atom. The minimum absolute atomic E-state index is 0.00835. The summed E-state index contributed by atoms with van der Waals surface area (Å²) in [6.45, 7) is 1.92. The van der Waals surface area contributed by atoms with Crippen LogP contribution in [0.15, 0.2) is 42.5 Å². The summed E-state index contributed by atoms with van der Waals surface area (Å²) in [5.41, 5.74) is 6.97. The highest BCUT2D eigenvalue weighted by atomic mass is 32.1. The van der Waals surface area contributed by atoms with Crippen LogP contribution in [-0.2, 0) is 83.4 Å². The van der Waals surface area contributed by atoms with Crippen molar-refractivity contribution in [1.82, 2.24) is 46.4 Å². The molecule has 390 valence electrons. The van der Waals surface area contributed by atoms with Gasteiger partial charge in [-0.05, 0) is 60.1 Å². The zero-order chi connectivity index (χ0) is 52.6. The maximum atomic E-state index is 15.4. The molecule has 0 bridgehead atoms. The molecule has 23 heteroatoms. The zero-order valence-corrected chi connectivity index (χ0v) is 41.6. The Morgan fingerprint density at radius 1 is 0.851 bits per heavy atom. The van der Waals surface area contributed by atoms with Crippen LogP contribution in [0.2, 0.25) is 0 Å². The molecule has 21 nitrogen and oxygen atoms in total. The van der Waals surface area contributed by atoms with Gasteiger partial charge in [-0.3, -0.25) is 48.1 Å². The molecule has 74 heavy (non-hydrogen) atoms. The van der Waals surface area contributed by atoms with E-state index in [1.165, 1.54) is 6.07 Å². The lowest BCUT2D eigenvalue weighted by molar-refractivity contribution is -0.148. The topological polar surface area (TPSA) is 275 Å². The number of carbonyl (C=O) groups excluding carboxylic acids is 9. The van der Waals surface area contributed by atoms with E-state index in [0.717, 1.165) is 38.1 Å². The van der Waals surface area contributed by atoms with Gasteiger partial charge in [0.2, 0.25) is 47.3 Å². The maximum absolute atomic E-state index is 15.4. The van der Waals surface area contributed by atoms with E-state index >= 15 is 4.39 Å². The number of cyclic esters (lactones) is 1. The predicted molar refractivity (Wildman–Crippen MR) is 263 cm³/mol. The number of nitrogens with zero attached hydrogens (tertiary/aromatic N) is 3. The summed E-state index contributed by atoms with van der Waals surface area (Å²) in [5, 5.41) is 16.2. The lowest BCUT2D eigenvalue weighted by atomic mass is 9.81. The van der Waals surface area contributed by atoms with Gasteiger partial charge < -0.3 is 50.7 Å². The fourth-order valence-corrected chi connectivity index (χ4v) is 10.0. The number of amides is 8. The molecule has 6 N–H and O–H groups in total. The van der Waals surface area contributed by atoms with Crippen molar-refractivity contribution in [2.45, 2.75) is 89.9 Å². The van der Waals surface area contributed by atoms with E-state index < -0.39 is 79.7 Å². The largest absolute Gasteiger partial charge is 0.460 e. The number of benzene rings is 2. The highest BCUT2D eigenvalue weighted by Crippen LogP contribution is 2.46. The number of hydrogen-bond donors (Lipinski definition) is 6. The van der Waals surface area contributed by atoms with E-state index in [0.29, 0.717) is 58.5 Å². The number of esters is 1. The van der Waals surface area contributed by atoms with Crippen molar-refractivity contribution in [1.29, 1.82) is 0 Å². The lowest BCUT2D eigenvalue weighted by Crippen LogP contribution is -2.52. The third-order valence-electron chi connectivity index (χ3n) is 13.5. The number of imide groups is 1. The van der Waals surface area contributed by atoms with Crippen LogP contribution in [0, 0.1) is 17.4 Å². The summed E-state index contributed by atoms with van der Waals surface area (Å²) in [7, 11) is 0. The summed E-state index contributed by atoms with van der Waals surface area (Å²) in [6, 6.07) is 10.5. The normalized spacial score (nSPS) is 16.6. The van der Waals surface area contributed by atoms with Crippen molar-refractivity contribution in [2.24, 2.45) is 0 Å². The number of fused-ring (bicyclic) bond motifs is 5. The molecule has 5 heterocycles. The third-order valence-corrected chi connectivity index (χ3v) is 13.9. The van der Waals surface area contributed by atoms with Gasteiger partial charge in [-0.1, -0.05) is 49.5 Å².